The third-order valence-corrected chi connectivity index (χ3v) is 3.94. The van der Waals surface area contributed by atoms with Crippen molar-refractivity contribution in [3.05, 3.63) is 23.9 Å². The number of nitrogens with zero attached hydrogens (tertiary/aromatic N) is 3. The van der Waals surface area contributed by atoms with Crippen LogP contribution in [0.2, 0.25) is 0 Å². The second-order valence-electron chi connectivity index (χ2n) is 5.46. The molecule has 2 heterocycles. The van der Waals surface area contributed by atoms with Gasteiger partial charge in [-0.15, -0.1) is 0 Å². The minimum Gasteiger partial charge on any atom is -0.358 e. The summed E-state index contributed by atoms with van der Waals surface area (Å²) in [4.78, 5) is 9.29. The fourth-order valence-corrected chi connectivity index (χ4v) is 2.64. The van der Waals surface area contributed by atoms with Gasteiger partial charge in [-0.2, -0.15) is 0 Å². The van der Waals surface area contributed by atoms with Crippen LogP contribution in [0.5, 0.6) is 0 Å². The molecule has 1 N–H and O–H groups in total. The minimum atomic E-state index is 0.674. The number of pyridine rings is 1. The molecule has 106 valence electrons. The molecule has 1 fully saturated rings. The molecule has 0 amide bonds. The van der Waals surface area contributed by atoms with E-state index >= 15 is 0 Å². The lowest BCUT2D eigenvalue weighted by Crippen LogP contribution is -2.36. The van der Waals surface area contributed by atoms with Gasteiger partial charge in [0.05, 0.1) is 0 Å². The van der Waals surface area contributed by atoms with Crippen molar-refractivity contribution < 1.29 is 0 Å². The molecule has 1 atom stereocenters. The number of hydrogen-bond acceptors (Lipinski definition) is 4. The van der Waals surface area contributed by atoms with Crippen LogP contribution in [0.15, 0.2) is 18.3 Å². The van der Waals surface area contributed by atoms with Gasteiger partial charge in [0.25, 0.3) is 0 Å². The highest BCUT2D eigenvalue weighted by atomic mass is 15.2. The summed E-state index contributed by atoms with van der Waals surface area (Å²) in [7, 11) is 4.36. The molecule has 1 saturated heterocycles. The topological polar surface area (TPSA) is 31.4 Å². The zero-order valence-corrected chi connectivity index (χ0v) is 12.4. The molecule has 0 aromatic carbocycles. The molecule has 1 aromatic rings. The van der Waals surface area contributed by atoms with Crippen LogP contribution in [0.4, 0.5) is 5.82 Å². The monoisotopic (exact) mass is 262 g/mol. The molecule has 19 heavy (non-hydrogen) atoms. The smallest absolute Gasteiger partial charge is 0.128 e. The van der Waals surface area contributed by atoms with Crippen LogP contribution < -0.4 is 10.2 Å². The summed E-state index contributed by atoms with van der Waals surface area (Å²) in [6.07, 6.45) is 4.61. The van der Waals surface area contributed by atoms with Gasteiger partial charge in [0.15, 0.2) is 0 Å². The van der Waals surface area contributed by atoms with Crippen molar-refractivity contribution in [2.24, 2.45) is 0 Å². The van der Waals surface area contributed by atoms with Gasteiger partial charge in [0.2, 0.25) is 0 Å². The summed E-state index contributed by atoms with van der Waals surface area (Å²) in [5.74, 6) is 1.07. The Balaban J connectivity index is 1.89. The van der Waals surface area contributed by atoms with E-state index in [1.807, 2.05) is 6.20 Å². The van der Waals surface area contributed by atoms with Crippen LogP contribution in [-0.4, -0.2) is 49.7 Å². The van der Waals surface area contributed by atoms with Gasteiger partial charge in [0, 0.05) is 32.4 Å². The Bertz CT molecular complexity index is 376. The van der Waals surface area contributed by atoms with E-state index in [1.165, 1.54) is 24.9 Å². The number of anilines is 1. The van der Waals surface area contributed by atoms with Crippen molar-refractivity contribution in [3.63, 3.8) is 0 Å². The predicted molar refractivity (Wildman–Crippen MR) is 80.5 cm³/mol. The molecule has 4 nitrogen and oxygen atoms in total. The average Bonchev–Trinajstić information content (AvgIpc) is 2.82. The van der Waals surface area contributed by atoms with Crippen molar-refractivity contribution in [1.29, 1.82) is 0 Å². The summed E-state index contributed by atoms with van der Waals surface area (Å²) in [6, 6.07) is 4.97. The molecule has 0 radical (unpaired) electrons. The highest BCUT2D eigenvalue weighted by molar-refractivity contribution is 5.38. The maximum atomic E-state index is 4.57. The second kappa shape index (κ2) is 6.87. The summed E-state index contributed by atoms with van der Waals surface area (Å²) in [6.45, 7) is 6.31. The van der Waals surface area contributed by atoms with Gasteiger partial charge in [-0.3, -0.25) is 0 Å². The second-order valence-corrected chi connectivity index (χ2v) is 5.46. The molecule has 0 saturated carbocycles. The van der Waals surface area contributed by atoms with Gasteiger partial charge in [0.1, 0.15) is 5.82 Å². The highest BCUT2D eigenvalue weighted by Crippen LogP contribution is 2.18. The Hall–Kier alpha value is -1.13. The van der Waals surface area contributed by atoms with Crippen LogP contribution in [0.1, 0.15) is 25.3 Å². The minimum absolute atomic E-state index is 0.674. The largest absolute Gasteiger partial charge is 0.358 e. The molecule has 1 aliphatic rings. The standard InChI is InChI=1S/C15H26N4/c1-4-16-10-13-7-8-15(17-11-13)19(3)12-14-6-5-9-18(14)2/h7-8,11,14,16H,4-6,9-10,12H2,1-3H3. The quantitative estimate of drug-likeness (QED) is 0.846. The molecule has 2 rings (SSSR count). The van der Waals surface area contributed by atoms with E-state index in [1.54, 1.807) is 0 Å². The van der Waals surface area contributed by atoms with Gasteiger partial charge >= 0.3 is 0 Å². The summed E-state index contributed by atoms with van der Waals surface area (Å²) in [5, 5.41) is 3.32. The predicted octanol–water partition coefficient (Wildman–Crippen LogP) is 1.72. The zero-order chi connectivity index (χ0) is 13.7. The van der Waals surface area contributed by atoms with Crippen molar-refractivity contribution in [2.75, 3.05) is 38.6 Å². The SMILES string of the molecule is CCNCc1ccc(N(C)CC2CCCN2C)nc1. The Morgan fingerprint density at radius 2 is 2.32 bits per heavy atom. The number of nitrogens with one attached hydrogen (secondary N) is 1. The summed E-state index contributed by atoms with van der Waals surface area (Å²) in [5.41, 5.74) is 1.25. The first-order valence-corrected chi connectivity index (χ1v) is 7.27. The van der Waals surface area contributed by atoms with Crippen LogP contribution in [0, 0.1) is 0 Å². The van der Waals surface area contributed by atoms with Crippen LogP contribution in [0.3, 0.4) is 0 Å². The van der Waals surface area contributed by atoms with Gasteiger partial charge in [-0.05, 0) is 44.6 Å². The Kier molecular flexibility index (Phi) is 5.16. The first-order chi connectivity index (χ1) is 9.20. The van der Waals surface area contributed by atoms with E-state index in [2.05, 4.69) is 53.3 Å². The molecular weight excluding hydrogens is 236 g/mol. The van der Waals surface area contributed by atoms with Crippen molar-refractivity contribution >= 4 is 5.82 Å². The number of likely N-dealkylation sites (tertiary alicyclic amines) is 1. The van der Waals surface area contributed by atoms with Crippen LogP contribution in [-0.2, 0) is 6.54 Å². The fourth-order valence-electron chi connectivity index (χ4n) is 2.64. The summed E-state index contributed by atoms with van der Waals surface area (Å²) < 4.78 is 0. The molecular formula is C15H26N4. The lowest BCUT2D eigenvalue weighted by atomic mass is 10.2. The van der Waals surface area contributed by atoms with Crippen LogP contribution >= 0.6 is 0 Å². The molecule has 0 spiro atoms. The van der Waals surface area contributed by atoms with Crippen molar-refractivity contribution in [2.45, 2.75) is 32.4 Å². The Morgan fingerprint density at radius 3 is 2.89 bits per heavy atom. The van der Waals surface area contributed by atoms with E-state index in [4.69, 9.17) is 0 Å². The van der Waals surface area contributed by atoms with E-state index in [0.717, 1.165) is 25.5 Å². The normalized spacial score (nSPS) is 19.8. The third kappa shape index (κ3) is 3.91. The fraction of sp³-hybridized carbons (Fsp3) is 0.667. The first-order valence-electron chi connectivity index (χ1n) is 7.27. The van der Waals surface area contributed by atoms with Crippen molar-refractivity contribution in [1.82, 2.24) is 15.2 Å². The molecule has 0 bridgehead atoms. The lowest BCUT2D eigenvalue weighted by Gasteiger charge is -2.26. The number of aromatic nitrogens is 1. The zero-order valence-electron chi connectivity index (χ0n) is 12.4. The van der Waals surface area contributed by atoms with E-state index in [-0.39, 0.29) is 0 Å². The first kappa shape index (κ1) is 14.3. The number of hydrogen-bond donors (Lipinski definition) is 1. The lowest BCUT2D eigenvalue weighted by molar-refractivity contribution is 0.314. The third-order valence-electron chi connectivity index (χ3n) is 3.94. The number of rotatable bonds is 6. The van der Waals surface area contributed by atoms with Crippen LogP contribution in [0.25, 0.3) is 0 Å². The molecule has 1 aromatic heterocycles. The van der Waals surface area contributed by atoms with E-state index < -0.39 is 0 Å². The Morgan fingerprint density at radius 1 is 1.47 bits per heavy atom. The van der Waals surface area contributed by atoms with Crippen molar-refractivity contribution in [3.8, 4) is 0 Å². The maximum absolute atomic E-state index is 4.57. The molecule has 4 heteroatoms. The summed E-state index contributed by atoms with van der Waals surface area (Å²) >= 11 is 0. The highest BCUT2D eigenvalue weighted by Gasteiger charge is 2.22. The molecule has 1 unspecified atom stereocenters. The van der Waals surface area contributed by atoms with Gasteiger partial charge in [-0.25, -0.2) is 4.98 Å². The molecule has 1 aliphatic heterocycles. The average molecular weight is 262 g/mol. The van der Waals surface area contributed by atoms with Gasteiger partial charge < -0.3 is 15.1 Å². The van der Waals surface area contributed by atoms with Gasteiger partial charge in [-0.1, -0.05) is 13.0 Å². The van der Waals surface area contributed by atoms with E-state index in [0.29, 0.717) is 6.04 Å². The Labute approximate surface area is 116 Å². The maximum Gasteiger partial charge on any atom is 0.128 e. The number of likely N-dealkylation sites (N-methyl/N-ethyl adjacent to an activating group) is 2. The molecule has 0 aliphatic carbocycles. The van der Waals surface area contributed by atoms with E-state index in [9.17, 15) is 0 Å².